The van der Waals surface area contributed by atoms with E-state index in [1.54, 1.807) is 57.2 Å². The Hall–Kier alpha value is -4.50. The van der Waals surface area contributed by atoms with Gasteiger partial charge in [-0.15, -0.1) is 0 Å². The fourth-order valence-corrected chi connectivity index (χ4v) is 8.28. The SMILES string of the molecule is C=C1C(OC(=O)C=Cc2ccccc2)CCC2(C)C1CC1(C(C)(C)O)CC(OC(C)=O)C(C)=C1C(OC(=O)c1ccccc1)C2OC(C)=O. The van der Waals surface area contributed by atoms with Gasteiger partial charge in [0.2, 0.25) is 0 Å². The molecule has 7 atom stereocenters. The molecule has 0 saturated heterocycles. The standard InChI is InChI=1S/C40H46O9/c1-24-30-22-40(38(5,6)45)23-32(46-26(3)41)25(2)34(40)35(49-37(44)29-16-12-9-13-17-29)36(47-27(4)42)39(30,7)21-20-31(24)48-33(43)19-18-28-14-10-8-11-15-28/h8-19,30-32,35-36,45H,1,20-23H2,2-7H3. The molecule has 1 N–H and O–H groups in total. The zero-order chi connectivity index (χ0) is 35.7. The van der Waals surface area contributed by atoms with Crippen molar-refractivity contribution >= 4 is 30.0 Å². The van der Waals surface area contributed by atoms with E-state index >= 15 is 0 Å². The topological polar surface area (TPSA) is 125 Å². The van der Waals surface area contributed by atoms with E-state index < -0.39 is 70.6 Å². The van der Waals surface area contributed by atoms with Crippen molar-refractivity contribution in [1.82, 2.24) is 0 Å². The fourth-order valence-electron chi connectivity index (χ4n) is 8.28. The van der Waals surface area contributed by atoms with Gasteiger partial charge in [0.25, 0.3) is 0 Å². The average Bonchev–Trinajstić information content (AvgIpc) is 3.28. The van der Waals surface area contributed by atoms with Crippen molar-refractivity contribution in [3.8, 4) is 0 Å². The highest BCUT2D eigenvalue weighted by molar-refractivity contribution is 5.89. The van der Waals surface area contributed by atoms with Crippen LogP contribution in [0.5, 0.6) is 0 Å². The van der Waals surface area contributed by atoms with Crippen LogP contribution in [0.3, 0.4) is 0 Å². The number of rotatable bonds is 8. The van der Waals surface area contributed by atoms with Crippen LogP contribution in [-0.4, -0.2) is 59.0 Å². The number of carbonyl (C=O) groups excluding carboxylic acids is 4. The summed E-state index contributed by atoms with van der Waals surface area (Å²) in [4.78, 5) is 52.1. The quantitative estimate of drug-likeness (QED) is 0.144. The van der Waals surface area contributed by atoms with Crippen LogP contribution in [0.1, 0.15) is 83.1 Å². The minimum absolute atomic E-state index is 0.202. The van der Waals surface area contributed by atoms with Crippen LogP contribution < -0.4 is 0 Å². The molecule has 0 spiro atoms. The Morgan fingerprint density at radius 3 is 2.08 bits per heavy atom. The molecule has 260 valence electrons. The number of carbonyl (C=O) groups is 4. The van der Waals surface area contributed by atoms with Crippen molar-refractivity contribution in [3.63, 3.8) is 0 Å². The van der Waals surface area contributed by atoms with E-state index in [-0.39, 0.29) is 12.8 Å². The van der Waals surface area contributed by atoms with Gasteiger partial charge in [-0.05, 0) is 86.4 Å². The maximum Gasteiger partial charge on any atom is 0.338 e. The third kappa shape index (κ3) is 6.99. The van der Waals surface area contributed by atoms with E-state index in [1.807, 2.05) is 37.3 Å². The number of aliphatic hydroxyl groups is 1. The molecule has 5 rings (SSSR count). The zero-order valence-corrected chi connectivity index (χ0v) is 29.1. The minimum atomic E-state index is -1.44. The summed E-state index contributed by atoms with van der Waals surface area (Å²) in [7, 11) is 0. The lowest BCUT2D eigenvalue weighted by atomic mass is 9.57. The predicted molar refractivity (Wildman–Crippen MR) is 183 cm³/mol. The number of hydrogen-bond acceptors (Lipinski definition) is 9. The third-order valence-electron chi connectivity index (χ3n) is 10.8. The minimum Gasteiger partial charge on any atom is -0.458 e. The molecule has 0 aliphatic heterocycles. The fraction of sp³-hybridized carbons (Fsp3) is 0.450. The normalized spacial score (nSPS) is 29.8. The Labute approximate surface area is 288 Å². The van der Waals surface area contributed by atoms with Crippen LogP contribution in [0.2, 0.25) is 0 Å². The van der Waals surface area contributed by atoms with Crippen molar-refractivity contribution in [2.45, 2.75) is 97.2 Å². The van der Waals surface area contributed by atoms with Gasteiger partial charge in [-0.2, -0.15) is 0 Å². The van der Waals surface area contributed by atoms with E-state index in [0.717, 1.165) is 5.56 Å². The van der Waals surface area contributed by atoms with E-state index in [4.69, 9.17) is 18.9 Å². The van der Waals surface area contributed by atoms with Crippen molar-refractivity contribution in [3.05, 3.63) is 101 Å². The molecular weight excluding hydrogens is 624 g/mol. The molecule has 0 amide bonds. The summed E-state index contributed by atoms with van der Waals surface area (Å²) in [5.41, 5.74) is -0.471. The maximum atomic E-state index is 13.8. The van der Waals surface area contributed by atoms with Gasteiger partial charge in [0, 0.05) is 37.2 Å². The molecule has 49 heavy (non-hydrogen) atoms. The van der Waals surface area contributed by atoms with E-state index in [2.05, 4.69) is 6.58 Å². The number of ether oxygens (including phenoxy) is 4. The van der Waals surface area contributed by atoms with Gasteiger partial charge in [-0.3, -0.25) is 9.59 Å². The second kappa shape index (κ2) is 13.8. The van der Waals surface area contributed by atoms with Crippen molar-refractivity contribution < 1.29 is 43.2 Å². The van der Waals surface area contributed by atoms with E-state index in [9.17, 15) is 24.3 Å². The summed E-state index contributed by atoms with van der Waals surface area (Å²) < 4.78 is 24.4. The first-order chi connectivity index (χ1) is 23.1. The molecule has 0 bridgehead atoms. The average molecular weight is 671 g/mol. The van der Waals surface area contributed by atoms with Gasteiger partial charge in [0.1, 0.15) is 18.3 Å². The summed E-state index contributed by atoms with van der Waals surface area (Å²) in [5.74, 6) is -2.70. The molecule has 0 aromatic heterocycles. The predicted octanol–water partition coefficient (Wildman–Crippen LogP) is 6.55. The van der Waals surface area contributed by atoms with E-state index in [0.29, 0.717) is 35.1 Å². The van der Waals surface area contributed by atoms with Crippen molar-refractivity contribution in [2.24, 2.45) is 16.7 Å². The Bertz CT molecular complexity index is 1670. The molecule has 2 saturated carbocycles. The van der Waals surface area contributed by atoms with Crippen molar-refractivity contribution in [2.75, 3.05) is 0 Å². The highest BCUT2D eigenvalue weighted by Gasteiger charge is 2.66. The van der Waals surface area contributed by atoms with Crippen LogP contribution in [0, 0.1) is 16.7 Å². The zero-order valence-electron chi connectivity index (χ0n) is 29.1. The van der Waals surface area contributed by atoms with Crippen LogP contribution in [0.25, 0.3) is 6.08 Å². The Balaban J connectivity index is 1.62. The summed E-state index contributed by atoms with van der Waals surface area (Å²) in [5, 5.41) is 12.1. The highest BCUT2D eigenvalue weighted by Crippen LogP contribution is 2.65. The Kier molecular flexibility index (Phi) is 10.1. The molecule has 9 heteroatoms. The molecule has 2 aromatic rings. The number of hydrogen-bond donors (Lipinski definition) is 1. The van der Waals surface area contributed by atoms with Gasteiger partial charge in [-0.1, -0.05) is 62.0 Å². The molecule has 3 aliphatic carbocycles. The van der Waals surface area contributed by atoms with Gasteiger partial charge in [0.05, 0.1) is 11.2 Å². The second-order valence-corrected chi connectivity index (χ2v) is 14.3. The molecule has 2 aromatic carbocycles. The summed E-state index contributed by atoms with van der Waals surface area (Å²) >= 11 is 0. The first kappa shape index (κ1) is 35.8. The molecule has 9 nitrogen and oxygen atoms in total. The van der Waals surface area contributed by atoms with E-state index in [1.165, 1.54) is 19.9 Å². The largest absolute Gasteiger partial charge is 0.458 e. The van der Waals surface area contributed by atoms with Crippen LogP contribution in [0.4, 0.5) is 0 Å². The van der Waals surface area contributed by atoms with Crippen LogP contribution >= 0.6 is 0 Å². The molecule has 3 aliphatic rings. The number of esters is 4. The number of fused-ring (bicyclic) bond motifs is 2. The maximum absolute atomic E-state index is 13.8. The first-order valence-electron chi connectivity index (χ1n) is 16.7. The van der Waals surface area contributed by atoms with Gasteiger partial charge in [0.15, 0.2) is 6.10 Å². The van der Waals surface area contributed by atoms with Gasteiger partial charge >= 0.3 is 23.9 Å². The van der Waals surface area contributed by atoms with Crippen LogP contribution in [-0.2, 0) is 33.3 Å². The summed E-state index contributed by atoms with van der Waals surface area (Å²) in [6, 6.07) is 17.9. The Morgan fingerprint density at radius 1 is 0.878 bits per heavy atom. The monoisotopic (exact) mass is 670 g/mol. The smallest absolute Gasteiger partial charge is 0.338 e. The Morgan fingerprint density at radius 2 is 1.49 bits per heavy atom. The first-order valence-corrected chi connectivity index (χ1v) is 16.7. The van der Waals surface area contributed by atoms with Gasteiger partial charge < -0.3 is 24.1 Å². The molecule has 0 radical (unpaired) electrons. The lowest BCUT2D eigenvalue weighted by Gasteiger charge is -2.50. The molecular formula is C40H46O9. The summed E-state index contributed by atoms with van der Waals surface area (Å²) in [6.07, 6.45) is 0.815. The summed E-state index contributed by atoms with van der Waals surface area (Å²) in [6.45, 7) is 14.3. The van der Waals surface area contributed by atoms with Crippen molar-refractivity contribution in [1.29, 1.82) is 0 Å². The second-order valence-electron chi connectivity index (χ2n) is 14.3. The molecule has 2 fully saturated rings. The lowest BCUT2D eigenvalue weighted by Crippen LogP contribution is -2.52. The molecule has 7 unspecified atom stereocenters. The number of benzene rings is 2. The third-order valence-corrected chi connectivity index (χ3v) is 10.8. The lowest BCUT2D eigenvalue weighted by molar-refractivity contribution is -0.168. The van der Waals surface area contributed by atoms with Gasteiger partial charge in [-0.25, -0.2) is 9.59 Å². The highest BCUT2D eigenvalue weighted by atomic mass is 16.6. The molecule has 0 heterocycles. The van der Waals surface area contributed by atoms with Crippen LogP contribution in [0.15, 0.2) is 90.0 Å².